The molecule has 3 nitrogen and oxygen atoms in total. The van der Waals surface area contributed by atoms with Crippen molar-refractivity contribution < 1.29 is 0 Å². The smallest absolute Gasteiger partial charge is 0.0423 e. The van der Waals surface area contributed by atoms with E-state index >= 15 is 0 Å². The van der Waals surface area contributed by atoms with Crippen LogP contribution in [-0.2, 0) is 19.5 Å². The van der Waals surface area contributed by atoms with Gasteiger partial charge >= 0.3 is 0 Å². The number of likely N-dealkylation sites (tertiary alicyclic amines) is 1. The zero-order chi connectivity index (χ0) is 29.9. The van der Waals surface area contributed by atoms with Gasteiger partial charge in [0.2, 0.25) is 0 Å². The summed E-state index contributed by atoms with van der Waals surface area (Å²) < 4.78 is 0. The van der Waals surface area contributed by atoms with Crippen molar-refractivity contribution in [3.8, 4) is 0 Å². The van der Waals surface area contributed by atoms with Crippen molar-refractivity contribution in [3.05, 3.63) is 113 Å². The first-order chi connectivity index (χ1) is 19.4. The molecule has 40 heavy (non-hydrogen) atoms. The van der Waals surface area contributed by atoms with Crippen LogP contribution < -0.4 is 5.73 Å². The van der Waals surface area contributed by atoms with E-state index in [4.69, 9.17) is 5.73 Å². The number of benzene rings is 2. The zero-order valence-electron chi connectivity index (χ0n) is 26.8. The van der Waals surface area contributed by atoms with Gasteiger partial charge in [0.25, 0.3) is 0 Å². The van der Waals surface area contributed by atoms with Gasteiger partial charge in [-0.3, -0.25) is 4.90 Å². The summed E-state index contributed by atoms with van der Waals surface area (Å²) in [5.41, 5.74) is 15.0. The number of hydrogen-bond donors (Lipinski definition) is 1. The number of allylic oxidation sites excluding steroid dienone is 5. The van der Waals surface area contributed by atoms with E-state index < -0.39 is 0 Å². The molecule has 3 heteroatoms. The maximum atomic E-state index is 5.88. The van der Waals surface area contributed by atoms with E-state index in [2.05, 4.69) is 104 Å². The van der Waals surface area contributed by atoms with Gasteiger partial charge in [0.15, 0.2) is 0 Å². The summed E-state index contributed by atoms with van der Waals surface area (Å²) in [5.74, 6) is 0.554. The third-order valence-electron chi connectivity index (χ3n) is 7.37. The normalized spacial score (nSPS) is 14.7. The van der Waals surface area contributed by atoms with E-state index in [0.717, 1.165) is 44.7 Å². The highest BCUT2D eigenvalue weighted by molar-refractivity contribution is 5.61. The summed E-state index contributed by atoms with van der Waals surface area (Å²) in [7, 11) is 0. The van der Waals surface area contributed by atoms with Crippen LogP contribution >= 0.6 is 0 Å². The molecule has 1 aliphatic heterocycles. The largest absolute Gasteiger partial charge is 0.405 e. The molecule has 0 amide bonds. The molecule has 0 radical (unpaired) electrons. The number of nitrogens with zero attached hydrogens (tertiary/aromatic N) is 2. The fraction of sp³-hybridized carbons (Fsp3) is 0.459. The lowest BCUT2D eigenvalue weighted by Crippen LogP contribution is -2.33. The Morgan fingerprint density at radius 3 is 1.93 bits per heavy atom. The predicted octanol–water partition coefficient (Wildman–Crippen LogP) is 9.37. The van der Waals surface area contributed by atoms with Crippen LogP contribution in [0, 0.1) is 5.92 Å². The van der Waals surface area contributed by atoms with Gasteiger partial charge in [0.05, 0.1) is 0 Å². The molecule has 1 aliphatic rings. The molecule has 0 aliphatic carbocycles. The first-order valence-electron chi connectivity index (χ1n) is 15.5. The second-order valence-corrected chi connectivity index (χ2v) is 10.1. The summed E-state index contributed by atoms with van der Waals surface area (Å²) in [5, 5.41) is 0. The van der Waals surface area contributed by atoms with Gasteiger partial charge in [0.1, 0.15) is 0 Å². The van der Waals surface area contributed by atoms with Gasteiger partial charge in [0, 0.05) is 19.6 Å². The van der Waals surface area contributed by atoms with Crippen LogP contribution in [0.1, 0.15) is 90.5 Å². The van der Waals surface area contributed by atoms with E-state index in [-0.39, 0.29) is 0 Å². The number of nitrogens with two attached hydrogens (primary N) is 1. The molecule has 0 spiro atoms. The minimum Gasteiger partial charge on any atom is -0.405 e. The molecule has 0 saturated carbocycles. The lowest BCUT2D eigenvalue weighted by molar-refractivity contribution is 0.192. The molecule has 1 heterocycles. The lowest BCUT2D eigenvalue weighted by atomic mass is 9.86. The topological polar surface area (TPSA) is 32.5 Å². The quantitative estimate of drug-likeness (QED) is 0.287. The Bertz CT molecular complexity index is 1050. The van der Waals surface area contributed by atoms with Crippen LogP contribution in [0.4, 0.5) is 0 Å². The molecule has 220 valence electrons. The van der Waals surface area contributed by atoms with E-state index in [0.29, 0.717) is 5.92 Å². The van der Waals surface area contributed by atoms with Crippen molar-refractivity contribution in [2.45, 2.75) is 87.7 Å². The minimum absolute atomic E-state index is 0.554. The molecule has 3 rings (SSSR count). The highest BCUT2D eigenvalue weighted by atomic mass is 15.1. The van der Waals surface area contributed by atoms with Gasteiger partial charge in [-0.05, 0) is 117 Å². The molecule has 0 bridgehead atoms. The zero-order valence-corrected chi connectivity index (χ0v) is 26.8. The standard InChI is InChI=1S/C33H45N3.2C2H6/c1-6-28-8-10-29(11-9-28)25-36-22-18-32(19-23-36)33(16-20-34)27(5)17-21-35(7-2)24-30-12-14-31(15-13-30)26(3)4;2*1-2/h8-17,20-21,32H,3,6-7,18-19,22-25,34H2,1-2,4-5H3;2*1-2H3/b20-16-,21-17-,33-27-;;. The van der Waals surface area contributed by atoms with Crippen molar-refractivity contribution in [2.24, 2.45) is 11.7 Å². The second kappa shape index (κ2) is 19.9. The monoisotopic (exact) mass is 543 g/mol. The molecule has 1 saturated heterocycles. The number of aryl methyl sites for hydroxylation is 1. The molecule has 2 N–H and O–H groups in total. The molecular formula is C37H57N3. The van der Waals surface area contributed by atoms with Crippen molar-refractivity contribution in [1.29, 1.82) is 0 Å². The average Bonchev–Trinajstić information content (AvgIpc) is 3.01. The van der Waals surface area contributed by atoms with E-state index in [1.807, 2.05) is 34.6 Å². The fourth-order valence-electron chi connectivity index (χ4n) is 4.95. The van der Waals surface area contributed by atoms with Crippen molar-refractivity contribution >= 4 is 5.57 Å². The summed E-state index contributed by atoms with van der Waals surface area (Å²) in [4.78, 5) is 4.94. The number of hydrogen-bond acceptors (Lipinski definition) is 3. The number of piperidine rings is 1. The Balaban J connectivity index is 0.00000191. The van der Waals surface area contributed by atoms with Crippen molar-refractivity contribution in [2.75, 3.05) is 19.6 Å². The van der Waals surface area contributed by atoms with Crippen LogP contribution in [0.15, 0.2) is 90.8 Å². The molecule has 2 aromatic rings. The SMILES string of the molecule is C=C(C)c1ccc(CN(\C=C/C(C)=C(/C=C\N)C2CCN(Cc3ccc(CC)cc3)CC2)CC)cc1.CC.CC. The second-order valence-electron chi connectivity index (χ2n) is 10.1. The lowest BCUT2D eigenvalue weighted by Gasteiger charge is -2.33. The summed E-state index contributed by atoms with van der Waals surface area (Å²) >= 11 is 0. The Kier molecular flexibility index (Phi) is 17.4. The Labute approximate surface area is 247 Å². The molecule has 2 aromatic carbocycles. The number of rotatable bonds is 11. The van der Waals surface area contributed by atoms with Crippen LogP contribution in [0.2, 0.25) is 0 Å². The Morgan fingerprint density at radius 1 is 0.875 bits per heavy atom. The Morgan fingerprint density at radius 2 is 1.43 bits per heavy atom. The minimum atomic E-state index is 0.554. The summed E-state index contributed by atoms with van der Waals surface area (Å²) in [6, 6.07) is 17.8. The molecule has 1 fully saturated rings. The highest BCUT2D eigenvalue weighted by Gasteiger charge is 2.22. The van der Waals surface area contributed by atoms with Crippen molar-refractivity contribution in [1.82, 2.24) is 9.80 Å². The van der Waals surface area contributed by atoms with E-state index in [1.165, 1.54) is 46.2 Å². The maximum absolute atomic E-state index is 5.88. The van der Waals surface area contributed by atoms with Crippen LogP contribution in [0.5, 0.6) is 0 Å². The maximum Gasteiger partial charge on any atom is 0.0423 e. The fourth-order valence-corrected chi connectivity index (χ4v) is 4.95. The third-order valence-corrected chi connectivity index (χ3v) is 7.37. The van der Waals surface area contributed by atoms with Crippen LogP contribution in [-0.4, -0.2) is 29.4 Å². The van der Waals surface area contributed by atoms with Gasteiger partial charge in [-0.25, -0.2) is 0 Å². The summed E-state index contributed by atoms with van der Waals surface area (Å²) in [6.07, 6.45) is 11.8. The van der Waals surface area contributed by atoms with Gasteiger partial charge in [-0.2, -0.15) is 0 Å². The van der Waals surface area contributed by atoms with Crippen molar-refractivity contribution in [3.63, 3.8) is 0 Å². The average molecular weight is 544 g/mol. The van der Waals surface area contributed by atoms with Gasteiger partial charge < -0.3 is 10.6 Å². The van der Waals surface area contributed by atoms with E-state index in [9.17, 15) is 0 Å². The molecule has 0 unspecified atom stereocenters. The third kappa shape index (κ3) is 11.6. The highest BCUT2D eigenvalue weighted by Crippen LogP contribution is 2.29. The van der Waals surface area contributed by atoms with Gasteiger partial charge in [-0.1, -0.05) is 95.3 Å². The van der Waals surface area contributed by atoms with E-state index in [1.54, 1.807) is 6.20 Å². The van der Waals surface area contributed by atoms with Gasteiger partial charge in [-0.15, -0.1) is 0 Å². The summed E-state index contributed by atoms with van der Waals surface area (Å²) in [6.45, 7) is 25.9. The molecular weight excluding hydrogens is 486 g/mol. The Hall–Kier alpha value is -3.04. The first-order valence-corrected chi connectivity index (χ1v) is 15.5. The molecule has 0 atom stereocenters. The molecule has 0 aromatic heterocycles. The van der Waals surface area contributed by atoms with Crippen LogP contribution in [0.25, 0.3) is 5.57 Å². The van der Waals surface area contributed by atoms with Crippen LogP contribution in [0.3, 0.4) is 0 Å². The predicted molar refractivity (Wildman–Crippen MR) is 179 cm³/mol. The first kappa shape index (κ1) is 35.0.